The molecule has 0 aliphatic heterocycles. The number of carbonyl (C=O) groups is 1. The number of carbonyl (C=O) groups excluding carboxylic acids is 1. The van der Waals surface area contributed by atoms with Crippen molar-refractivity contribution in [3.05, 3.63) is 35.6 Å². The summed E-state index contributed by atoms with van der Waals surface area (Å²) in [5.74, 6) is 0.283. The molecule has 1 aromatic rings. The minimum absolute atomic E-state index is 0.0365. The lowest BCUT2D eigenvalue weighted by atomic mass is 9.94. The number of aliphatic hydroxyl groups excluding tert-OH is 1. The van der Waals surface area contributed by atoms with Gasteiger partial charge in [0, 0.05) is 12.6 Å². The average Bonchev–Trinajstić information content (AvgIpc) is 3.31. The van der Waals surface area contributed by atoms with Crippen molar-refractivity contribution < 1.29 is 14.3 Å². The number of amides is 1. The van der Waals surface area contributed by atoms with Crippen molar-refractivity contribution in [2.24, 2.45) is 5.92 Å². The molecule has 1 amide bonds. The zero-order valence-corrected chi connectivity index (χ0v) is 11.4. The largest absolute Gasteiger partial charge is 0.396 e. The highest BCUT2D eigenvalue weighted by molar-refractivity contribution is 5.91. The van der Waals surface area contributed by atoms with Gasteiger partial charge in [-0.25, -0.2) is 4.39 Å². The van der Waals surface area contributed by atoms with Gasteiger partial charge >= 0.3 is 0 Å². The highest BCUT2D eigenvalue weighted by Gasteiger charge is 2.52. The SMILES string of the molecule is O=C(NC(CCO)C1CC1)C1(c2ccc(F)cc2)CC1. The van der Waals surface area contributed by atoms with Crippen LogP contribution in [0.4, 0.5) is 4.39 Å². The van der Waals surface area contributed by atoms with E-state index >= 15 is 0 Å². The molecule has 2 saturated carbocycles. The number of nitrogens with one attached hydrogen (secondary N) is 1. The summed E-state index contributed by atoms with van der Waals surface area (Å²) in [4.78, 5) is 12.5. The van der Waals surface area contributed by atoms with Crippen LogP contribution in [0.5, 0.6) is 0 Å². The van der Waals surface area contributed by atoms with Gasteiger partial charge in [0.1, 0.15) is 5.82 Å². The van der Waals surface area contributed by atoms with Crippen molar-refractivity contribution in [2.45, 2.75) is 43.6 Å². The van der Waals surface area contributed by atoms with Crippen LogP contribution in [0, 0.1) is 11.7 Å². The van der Waals surface area contributed by atoms with Crippen molar-refractivity contribution in [1.82, 2.24) is 5.32 Å². The minimum Gasteiger partial charge on any atom is -0.396 e. The van der Waals surface area contributed by atoms with Gasteiger partial charge in [-0.2, -0.15) is 0 Å². The monoisotopic (exact) mass is 277 g/mol. The maximum absolute atomic E-state index is 13.0. The van der Waals surface area contributed by atoms with E-state index in [9.17, 15) is 9.18 Å². The van der Waals surface area contributed by atoms with Crippen molar-refractivity contribution in [2.75, 3.05) is 6.61 Å². The van der Waals surface area contributed by atoms with Gasteiger partial charge in [0.2, 0.25) is 5.91 Å². The first-order valence-corrected chi connectivity index (χ1v) is 7.33. The van der Waals surface area contributed by atoms with Crippen LogP contribution in [0.1, 0.15) is 37.7 Å². The van der Waals surface area contributed by atoms with Gasteiger partial charge < -0.3 is 10.4 Å². The molecule has 0 aromatic heterocycles. The molecule has 0 saturated heterocycles. The smallest absolute Gasteiger partial charge is 0.230 e. The lowest BCUT2D eigenvalue weighted by Gasteiger charge is -2.22. The van der Waals surface area contributed by atoms with Gasteiger partial charge in [-0.1, -0.05) is 12.1 Å². The van der Waals surface area contributed by atoms with E-state index in [0.29, 0.717) is 12.3 Å². The molecular formula is C16H20FNO2. The molecular weight excluding hydrogens is 257 g/mol. The predicted molar refractivity (Wildman–Crippen MR) is 73.7 cm³/mol. The van der Waals surface area contributed by atoms with E-state index in [1.54, 1.807) is 12.1 Å². The Kier molecular flexibility index (Phi) is 3.50. The lowest BCUT2D eigenvalue weighted by molar-refractivity contribution is -0.124. The second-order valence-corrected chi connectivity index (χ2v) is 6.02. The first-order chi connectivity index (χ1) is 9.65. The molecule has 1 atom stereocenters. The molecule has 108 valence electrons. The Bertz CT molecular complexity index is 492. The summed E-state index contributed by atoms with van der Waals surface area (Å²) in [7, 11) is 0. The summed E-state index contributed by atoms with van der Waals surface area (Å²) in [6.07, 6.45) is 4.53. The molecule has 4 heteroatoms. The van der Waals surface area contributed by atoms with E-state index in [-0.39, 0.29) is 24.4 Å². The van der Waals surface area contributed by atoms with E-state index in [4.69, 9.17) is 5.11 Å². The third kappa shape index (κ3) is 2.57. The minimum atomic E-state index is -0.462. The fourth-order valence-electron chi connectivity index (χ4n) is 2.91. The zero-order valence-electron chi connectivity index (χ0n) is 11.4. The molecule has 3 rings (SSSR count). The van der Waals surface area contributed by atoms with Crippen LogP contribution in [0.25, 0.3) is 0 Å². The Morgan fingerprint density at radius 1 is 1.35 bits per heavy atom. The zero-order chi connectivity index (χ0) is 14.2. The first-order valence-electron chi connectivity index (χ1n) is 7.33. The van der Waals surface area contributed by atoms with E-state index in [0.717, 1.165) is 31.2 Å². The summed E-state index contributed by atoms with van der Waals surface area (Å²) >= 11 is 0. The van der Waals surface area contributed by atoms with Crippen molar-refractivity contribution >= 4 is 5.91 Å². The van der Waals surface area contributed by atoms with Gasteiger partial charge in [-0.3, -0.25) is 4.79 Å². The Labute approximate surface area is 118 Å². The van der Waals surface area contributed by atoms with E-state index in [1.807, 2.05) is 0 Å². The van der Waals surface area contributed by atoms with Crippen LogP contribution in [0.3, 0.4) is 0 Å². The van der Waals surface area contributed by atoms with Gasteiger partial charge in [0.15, 0.2) is 0 Å². The van der Waals surface area contributed by atoms with Crippen LogP contribution in [0.2, 0.25) is 0 Å². The van der Waals surface area contributed by atoms with Crippen molar-refractivity contribution in [1.29, 1.82) is 0 Å². The Hall–Kier alpha value is -1.42. The molecule has 2 aliphatic rings. The quantitative estimate of drug-likeness (QED) is 0.837. The summed E-state index contributed by atoms with van der Waals surface area (Å²) in [6, 6.07) is 6.33. The van der Waals surface area contributed by atoms with Crippen LogP contribution < -0.4 is 5.32 Å². The summed E-state index contributed by atoms with van der Waals surface area (Å²) < 4.78 is 13.0. The number of hydrogen-bond donors (Lipinski definition) is 2. The fraction of sp³-hybridized carbons (Fsp3) is 0.562. The third-order valence-corrected chi connectivity index (χ3v) is 4.53. The van der Waals surface area contributed by atoms with Gasteiger partial charge in [0.05, 0.1) is 5.41 Å². The molecule has 1 unspecified atom stereocenters. The summed E-state index contributed by atoms with van der Waals surface area (Å²) in [5, 5.41) is 12.2. The van der Waals surface area contributed by atoms with E-state index < -0.39 is 5.41 Å². The summed E-state index contributed by atoms with van der Waals surface area (Å²) in [6.45, 7) is 0.102. The Balaban J connectivity index is 1.71. The number of rotatable bonds is 6. The second kappa shape index (κ2) is 5.17. The van der Waals surface area contributed by atoms with Crippen LogP contribution in [-0.4, -0.2) is 23.7 Å². The standard InChI is InChI=1S/C16H20FNO2/c17-13-5-3-12(4-6-13)16(8-9-16)15(20)18-14(7-10-19)11-1-2-11/h3-6,11,14,19H,1-2,7-10H2,(H,18,20). The third-order valence-electron chi connectivity index (χ3n) is 4.53. The van der Waals surface area contributed by atoms with Crippen molar-refractivity contribution in [3.8, 4) is 0 Å². The maximum atomic E-state index is 13.0. The number of benzene rings is 1. The predicted octanol–water partition coefficient (Wildman–Crippen LogP) is 2.13. The lowest BCUT2D eigenvalue weighted by Crippen LogP contribution is -2.43. The molecule has 2 aliphatic carbocycles. The van der Waals surface area contributed by atoms with Crippen LogP contribution in [-0.2, 0) is 10.2 Å². The fourth-order valence-corrected chi connectivity index (χ4v) is 2.91. The van der Waals surface area contributed by atoms with Gasteiger partial charge in [-0.05, 0) is 55.7 Å². The molecule has 20 heavy (non-hydrogen) atoms. The van der Waals surface area contributed by atoms with Crippen LogP contribution in [0.15, 0.2) is 24.3 Å². The maximum Gasteiger partial charge on any atom is 0.230 e. The van der Waals surface area contributed by atoms with Crippen LogP contribution >= 0.6 is 0 Å². The number of aliphatic hydroxyl groups is 1. The highest BCUT2D eigenvalue weighted by Crippen LogP contribution is 2.49. The van der Waals surface area contributed by atoms with E-state index in [2.05, 4.69) is 5.32 Å². The normalized spacial score (nSPS) is 21.3. The Morgan fingerprint density at radius 2 is 2.00 bits per heavy atom. The van der Waals surface area contributed by atoms with Crippen molar-refractivity contribution in [3.63, 3.8) is 0 Å². The molecule has 0 heterocycles. The number of halogens is 1. The highest BCUT2D eigenvalue weighted by atomic mass is 19.1. The molecule has 0 spiro atoms. The number of hydrogen-bond acceptors (Lipinski definition) is 2. The average molecular weight is 277 g/mol. The van der Waals surface area contributed by atoms with E-state index in [1.165, 1.54) is 12.1 Å². The molecule has 2 fully saturated rings. The Morgan fingerprint density at radius 3 is 2.50 bits per heavy atom. The molecule has 2 N–H and O–H groups in total. The molecule has 1 aromatic carbocycles. The molecule has 0 radical (unpaired) electrons. The van der Waals surface area contributed by atoms with Gasteiger partial charge in [-0.15, -0.1) is 0 Å². The first kappa shape index (κ1) is 13.6. The topological polar surface area (TPSA) is 49.3 Å². The van der Waals surface area contributed by atoms with Gasteiger partial charge in [0.25, 0.3) is 0 Å². The molecule has 0 bridgehead atoms. The summed E-state index contributed by atoms with van der Waals surface area (Å²) in [5.41, 5.74) is 0.436. The molecule has 3 nitrogen and oxygen atoms in total. The second-order valence-electron chi connectivity index (χ2n) is 6.02.